The number of unbranched alkanes of at least 4 members (excludes halogenated alkanes) is 2. The molecule has 2 heterocycles. The third kappa shape index (κ3) is 6.30. The first-order valence-electron chi connectivity index (χ1n) is 13.1. The van der Waals surface area contributed by atoms with Crippen molar-refractivity contribution in [2.75, 3.05) is 20.3 Å². The fourth-order valence-electron chi connectivity index (χ4n) is 4.54. The van der Waals surface area contributed by atoms with Crippen LogP contribution in [-0.4, -0.2) is 35.8 Å². The molecule has 2 aromatic carbocycles. The Kier molecular flexibility index (Phi) is 9.51. The van der Waals surface area contributed by atoms with Crippen molar-refractivity contribution in [3.8, 4) is 11.5 Å². The molecular weight excluding hydrogens is 546 g/mol. The summed E-state index contributed by atoms with van der Waals surface area (Å²) in [7, 11) is 1.52. The fourth-order valence-corrected chi connectivity index (χ4v) is 5.57. The van der Waals surface area contributed by atoms with E-state index in [9.17, 15) is 19.7 Å². The van der Waals surface area contributed by atoms with Crippen LogP contribution < -0.4 is 24.4 Å². The average Bonchev–Trinajstić information content (AvgIpc) is 3.27. The number of thiazole rings is 1. The first kappa shape index (κ1) is 29.5. The molecule has 11 heteroatoms. The van der Waals surface area contributed by atoms with E-state index in [1.807, 2.05) is 0 Å². The predicted molar refractivity (Wildman–Crippen MR) is 156 cm³/mol. The molecular formula is C30H31N3O7S. The van der Waals surface area contributed by atoms with Crippen molar-refractivity contribution in [1.82, 2.24) is 4.57 Å². The maximum atomic E-state index is 13.9. The lowest BCUT2D eigenvalue weighted by molar-refractivity contribution is -0.385. The molecule has 1 aliphatic heterocycles. The van der Waals surface area contributed by atoms with Gasteiger partial charge < -0.3 is 14.2 Å². The van der Waals surface area contributed by atoms with Gasteiger partial charge in [-0.2, -0.15) is 0 Å². The van der Waals surface area contributed by atoms with Crippen molar-refractivity contribution < 1.29 is 23.9 Å². The first-order chi connectivity index (χ1) is 19.8. The Hall–Kier alpha value is -4.51. The number of hydrogen-bond donors (Lipinski definition) is 0. The maximum Gasteiger partial charge on any atom is 0.338 e. The number of ether oxygens (including phenoxy) is 3. The quantitative estimate of drug-likeness (QED) is 0.102. The molecule has 1 aliphatic rings. The Morgan fingerprint density at radius 3 is 2.71 bits per heavy atom. The van der Waals surface area contributed by atoms with Gasteiger partial charge >= 0.3 is 5.97 Å². The summed E-state index contributed by atoms with van der Waals surface area (Å²) in [6.45, 7) is 7.91. The molecule has 0 saturated heterocycles. The Morgan fingerprint density at radius 1 is 1.22 bits per heavy atom. The highest BCUT2D eigenvalue weighted by atomic mass is 32.1. The van der Waals surface area contributed by atoms with Crippen molar-refractivity contribution in [2.45, 2.75) is 39.2 Å². The van der Waals surface area contributed by atoms with Gasteiger partial charge in [-0.25, -0.2) is 9.79 Å². The number of hydrogen-bond acceptors (Lipinski definition) is 9. The highest BCUT2D eigenvalue weighted by Crippen LogP contribution is 2.36. The summed E-state index contributed by atoms with van der Waals surface area (Å²) in [5, 5.41) is 11.6. The highest BCUT2D eigenvalue weighted by Gasteiger charge is 2.34. The molecule has 0 saturated carbocycles. The van der Waals surface area contributed by atoms with E-state index >= 15 is 0 Å². The lowest BCUT2D eigenvalue weighted by Gasteiger charge is -2.25. The molecule has 0 radical (unpaired) electrons. The third-order valence-electron chi connectivity index (χ3n) is 6.50. The van der Waals surface area contributed by atoms with Crippen LogP contribution in [0.25, 0.3) is 6.08 Å². The van der Waals surface area contributed by atoms with Gasteiger partial charge in [-0.05, 0) is 43.2 Å². The van der Waals surface area contributed by atoms with Crippen LogP contribution >= 0.6 is 11.3 Å². The number of allylic oxidation sites excluding steroid dienone is 1. The number of rotatable bonds is 12. The van der Waals surface area contributed by atoms with Crippen LogP contribution in [0, 0.1) is 10.1 Å². The van der Waals surface area contributed by atoms with E-state index in [-0.39, 0.29) is 28.0 Å². The lowest BCUT2D eigenvalue weighted by atomic mass is 9.95. The number of carbonyl (C=O) groups excluding carboxylic acids is 1. The minimum absolute atomic E-state index is 0.0156. The zero-order valence-corrected chi connectivity index (χ0v) is 23.9. The van der Waals surface area contributed by atoms with E-state index in [4.69, 9.17) is 14.2 Å². The summed E-state index contributed by atoms with van der Waals surface area (Å²) in [6, 6.07) is 10.5. The Morgan fingerprint density at radius 2 is 2.00 bits per heavy atom. The number of esters is 1. The number of para-hydroxylation sites is 1. The van der Waals surface area contributed by atoms with Gasteiger partial charge in [0.1, 0.15) is 6.61 Å². The maximum absolute atomic E-state index is 13.9. The lowest BCUT2D eigenvalue weighted by Crippen LogP contribution is -2.40. The Labute approximate surface area is 240 Å². The second-order valence-corrected chi connectivity index (χ2v) is 10.3. The van der Waals surface area contributed by atoms with Gasteiger partial charge in [0.15, 0.2) is 16.3 Å². The molecule has 1 atom stereocenters. The number of methoxy groups -OCH3 is 1. The molecule has 0 fully saturated rings. The summed E-state index contributed by atoms with van der Waals surface area (Å²) >= 11 is 1.09. The summed E-state index contributed by atoms with van der Waals surface area (Å²) < 4.78 is 18.6. The van der Waals surface area contributed by atoms with Gasteiger partial charge in [-0.15, -0.1) is 0 Å². The van der Waals surface area contributed by atoms with Gasteiger partial charge in [-0.1, -0.05) is 62.0 Å². The summed E-state index contributed by atoms with van der Waals surface area (Å²) in [4.78, 5) is 43.1. The molecule has 0 spiro atoms. The minimum Gasteiger partial charge on any atom is -0.493 e. The molecule has 0 bridgehead atoms. The Bertz CT molecular complexity index is 1690. The molecule has 4 rings (SSSR count). The van der Waals surface area contributed by atoms with Crippen molar-refractivity contribution in [2.24, 2.45) is 4.99 Å². The van der Waals surface area contributed by atoms with Crippen LogP contribution in [0.1, 0.15) is 50.3 Å². The van der Waals surface area contributed by atoms with Gasteiger partial charge in [0.2, 0.25) is 0 Å². The van der Waals surface area contributed by atoms with Crippen molar-refractivity contribution >= 4 is 29.1 Å². The second kappa shape index (κ2) is 13.2. The molecule has 0 N–H and O–H groups in total. The van der Waals surface area contributed by atoms with Gasteiger partial charge in [0.05, 0.1) is 46.0 Å². The van der Waals surface area contributed by atoms with E-state index < -0.39 is 22.5 Å². The van der Waals surface area contributed by atoms with E-state index in [0.29, 0.717) is 34.2 Å². The molecule has 41 heavy (non-hydrogen) atoms. The first-order valence-corrected chi connectivity index (χ1v) is 14.0. The van der Waals surface area contributed by atoms with Crippen LogP contribution in [0.5, 0.6) is 11.5 Å². The van der Waals surface area contributed by atoms with Crippen molar-refractivity contribution in [3.05, 3.63) is 107 Å². The number of nitro groups is 1. The van der Waals surface area contributed by atoms with Gasteiger partial charge in [0, 0.05) is 6.07 Å². The third-order valence-corrected chi connectivity index (χ3v) is 7.49. The summed E-state index contributed by atoms with van der Waals surface area (Å²) in [5.74, 6) is 0.366. The van der Waals surface area contributed by atoms with Crippen LogP contribution in [-0.2, 0) is 9.53 Å². The summed E-state index contributed by atoms with van der Waals surface area (Å²) in [6.07, 6.45) is 5.94. The second-order valence-electron chi connectivity index (χ2n) is 9.25. The molecule has 0 aliphatic carbocycles. The van der Waals surface area contributed by atoms with Crippen LogP contribution in [0.2, 0.25) is 0 Å². The van der Waals surface area contributed by atoms with E-state index in [1.54, 1.807) is 43.3 Å². The topological polar surface area (TPSA) is 122 Å². The number of carbonyl (C=O) groups is 1. The standard InChI is InChI=1S/C30H31N3O7S/c1-5-7-10-16-39-23-14-13-21(17-24(23)38-4)27-26(29(35)40-15-6-2)19(3)31-30-32(27)28(34)25(41-30)18-20-11-8-9-12-22(20)33(36)37/h6,8-9,11-14,17-18,27H,2,5,7,10,15-16H2,1,3-4H3. The largest absolute Gasteiger partial charge is 0.493 e. The zero-order valence-electron chi connectivity index (χ0n) is 23.1. The Balaban J connectivity index is 1.88. The smallest absolute Gasteiger partial charge is 0.338 e. The van der Waals surface area contributed by atoms with Gasteiger partial charge in [-0.3, -0.25) is 19.5 Å². The number of aromatic nitrogens is 1. The van der Waals surface area contributed by atoms with Crippen LogP contribution in [0.3, 0.4) is 0 Å². The molecule has 1 unspecified atom stereocenters. The minimum atomic E-state index is -0.889. The van der Waals surface area contributed by atoms with E-state index in [1.165, 1.54) is 29.9 Å². The van der Waals surface area contributed by atoms with Crippen molar-refractivity contribution in [3.63, 3.8) is 0 Å². The number of nitro benzene ring substituents is 1. The van der Waals surface area contributed by atoms with Crippen molar-refractivity contribution in [1.29, 1.82) is 0 Å². The molecule has 3 aromatic rings. The number of nitrogens with zero attached hydrogens (tertiary/aromatic N) is 3. The SMILES string of the molecule is C=CCOC(=O)C1=C(C)N=c2sc(=Cc3ccccc3[N+](=O)[O-])c(=O)n2C1c1ccc(OCCCCC)c(OC)c1. The number of fused-ring (bicyclic) bond motifs is 1. The fraction of sp³-hybridized carbons (Fsp3) is 0.300. The highest BCUT2D eigenvalue weighted by molar-refractivity contribution is 7.07. The van der Waals surface area contributed by atoms with Crippen LogP contribution in [0.4, 0.5) is 5.69 Å². The van der Waals surface area contributed by atoms with E-state index in [2.05, 4.69) is 18.5 Å². The van der Waals surface area contributed by atoms with Crippen LogP contribution in [0.15, 0.2) is 76.2 Å². The van der Waals surface area contributed by atoms with E-state index in [0.717, 1.165) is 30.6 Å². The van der Waals surface area contributed by atoms with Gasteiger partial charge in [0.25, 0.3) is 11.2 Å². The molecule has 0 amide bonds. The predicted octanol–water partition coefficient (Wildman–Crippen LogP) is 4.45. The molecule has 1 aromatic heterocycles. The molecule has 214 valence electrons. The number of benzene rings is 2. The summed E-state index contributed by atoms with van der Waals surface area (Å²) in [5.41, 5.74) is 0.876. The average molecular weight is 578 g/mol. The zero-order chi connectivity index (χ0) is 29.5. The monoisotopic (exact) mass is 577 g/mol. The molecule has 10 nitrogen and oxygen atoms in total. The normalized spacial score (nSPS) is 14.7.